The van der Waals surface area contributed by atoms with Crippen LogP contribution in [0.2, 0.25) is 0 Å². The van der Waals surface area contributed by atoms with Crippen molar-refractivity contribution in [1.82, 2.24) is 38.2 Å². The molecule has 8 aromatic heterocycles. The van der Waals surface area contributed by atoms with Crippen LogP contribution in [-0.2, 0) is 0 Å². The van der Waals surface area contributed by atoms with E-state index in [0.717, 1.165) is 144 Å². The third kappa shape index (κ3) is 6.12. The normalized spacial score (nSPS) is 11.9. The van der Waals surface area contributed by atoms with Crippen LogP contribution in [0.15, 0.2) is 256 Å². The highest BCUT2D eigenvalue weighted by Crippen LogP contribution is 2.49. The van der Waals surface area contributed by atoms with Crippen molar-refractivity contribution in [2.24, 2.45) is 0 Å². The van der Waals surface area contributed by atoms with Crippen molar-refractivity contribution >= 4 is 87.2 Å². The van der Waals surface area contributed by atoms with E-state index in [1.165, 1.54) is 0 Å². The third-order valence-electron chi connectivity index (χ3n) is 15.4. The van der Waals surface area contributed by atoms with Gasteiger partial charge in [0.15, 0.2) is 11.6 Å². The molecule has 0 aliphatic rings. The SMILES string of the molecule is c1ccc(-c2ccc3c(c2)c2cc(-c4ccccc4)ccc2n3-c2c(-n3c4ccccc4c4cnccc43)nc(-n3c4ccccc4c4cnccc43)c(-n3c4ccccc4c4cnccc43)c2-c2ccccc2)cc1. The van der Waals surface area contributed by atoms with E-state index in [0.29, 0.717) is 0 Å². The molecule has 0 saturated heterocycles. The van der Waals surface area contributed by atoms with E-state index in [-0.39, 0.29) is 0 Å². The summed E-state index contributed by atoms with van der Waals surface area (Å²) >= 11 is 0. The van der Waals surface area contributed by atoms with Crippen molar-refractivity contribution in [3.05, 3.63) is 256 Å². The van der Waals surface area contributed by atoms with Crippen molar-refractivity contribution in [3.8, 4) is 56.4 Å². The summed E-state index contributed by atoms with van der Waals surface area (Å²) in [4.78, 5) is 20.5. The molecule has 0 spiro atoms. The molecule has 16 rings (SSSR count). The number of hydrogen-bond donors (Lipinski definition) is 0. The summed E-state index contributed by atoms with van der Waals surface area (Å²) in [7, 11) is 0. The Bertz CT molecular complexity index is 4730. The first-order valence-corrected chi connectivity index (χ1v) is 25.6. The van der Waals surface area contributed by atoms with Crippen molar-refractivity contribution in [2.75, 3.05) is 0 Å². The van der Waals surface area contributed by atoms with Crippen LogP contribution in [0.1, 0.15) is 0 Å². The molecule has 8 heteroatoms. The van der Waals surface area contributed by atoms with E-state index in [4.69, 9.17) is 19.9 Å². The molecule has 0 fully saturated rings. The molecule has 354 valence electrons. The summed E-state index contributed by atoms with van der Waals surface area (Å²) < 4.78 is 9.68. The smallest absolute Gasteiger partial charge is 0.165 e. The molecule has 0 radical (unpaired) electrons. The fourth-order valence-corrected chi connectivity index (χ4v) is 12.2. The van der Waals surface area contributed by atoms with Gasteiger partial charge in [0.25, 0.3) is 0 Å². The standard InChI is InChI=1S/C68H42N8/c1-4-16-43(17-5-1)46-28-30-59-51(38-46)52-39-47(44-18-6-2-7-19-44)29-31-60(52)74(59)66-64(45-20-8-3-9-21-45)65(73-56-25-13-10-22-48(56)53-40-69-35-32-61(53)73)67(75-57-26-14-11-23-49(57)54-41-70-36-33-62(54)75)72-68(66)76-58-27-15-12-24-50(58)55-42-71-37-34-63(55)76/h1-42H. The molecule has 0 atom stereocenters. The van der Waals surface area contributed by atoms with Crippen molar-refractivity contribution < 1.29 is 0 Å². The van der Waals surface area contributed by atoms with Gasteiger partial charge in [-0.3, -0.25) is 24.1 Å². The maximum Gasteiger partial charge on any atom is 0.165 e. The molecule has 0 saturated carbocycles. The Morgan fingerprint density at radius 2 is 0.566 bits per heavy atom. The lowest BCUT2D eigenvalue weighted by Crippen LogP contribution is -2.16. The second-order valence-electron chi connectivity index (χ2n) is 19.5. The van der Waals surface area contributed by atoms with Gasteiger partial charge in [-0.25, -0.2) is 4.98 Å². The van der Waals surface area contributed by atoms with Crippen molar-refractivity contribution in [3.63, 3.8) is 0 Å². The van der Waals surface area contributed by atoms with Crippen molar-refractivity contribution in [2.45, 2.75) is 0 Å². The van der Waals surface area contributed by atoms with Gasteiger partial charge in [-0.05, 0) is 88.5 Å². The second kappa shape index (κ2) is 16.5. The second-order valence-corrected chi connectivity index (χ2v) is 19.5. The average molecular weight is 971 g/mol. The van der Waals surface area contributed by atoms with E-state index in [1.54, 1.807) is 0 Å². The van der Waals surface area contributed by atoms with Gasteiger partial charge in [0, 0.05) is 85.8 Å². The molecule has 0 bridgehead atoms. The van der Waals surface area contributed by atoms with Gasteiger partial charge >= 0.3 is 0 Å². The Balaban J connectivity index is 1.19. The monoisotopic (exact) mass is 970 g/mol. The highest BCUT2D eigenvalue weighted by atomic mass is 15.2. The minimum Gasteiger partial charge on any atom is -0.305 e. The molecule has 0 amide bonds. The third-order valence-corrected chi connectivity index (χ3v) is 15.4. The summed E-state index contributed by atoms with van der Waals surface area (Å²) in [6, 6.07) is 78.6. The zero-order chi connectivity index (χ0) is 49.8. The quantitative estimate of drug-likeness (QED) is 0.160. The minimum absolute atomic E-state index is 0.757. The predicted molar refractivity (Wildman–Crippen MR) is 311 cm³/mol. The predicted octanol–water partition coefficient (Wildman–Crippen LogP) is 16.7. The number of benzene rings is 8. The first-order chi connectivity index (χ1) is 37.8. The molecule has 0 N–H and O–H groups in total. The molecular weight excluding hydrogens is 929 g/mol. The van der Waals surface area contributed by atoms with Crippen LogP contribution < -0.4 is 0 Å². The number of rotatable bonds is 7. The van der Waals surface area contributed by atoms with Crippen LogP contribution >= 0.6 is 0 Å². The van der Waals surface area contributed by atoms with Gasteiger partial charge in [0.05, 0.1) is 44.1 Å². The zero-order valence-corrected chi connectivity index (χ0v) is 40.8. The lowest BCUT2D eigenvalue weighted by Gasteiger charge is -2.26. The van der Waals surface area contributed by atoms with Crippen LogP contribution in [0.5, 0.6) is 0 Å². The Hall–Kier alpha value is -10.4. The number of pyridine rings is 4. The van der Waals surface area contributed by atoms with Gasteiger partial charge in [0.2, 0.25) is 0 Å². The minimum atomic E-state index is 0.757. The first kappa shape index (κ1) is 42.1. The van der Waals surface area contributed by atoms with Crippen LogP contribution in [0, 0.1) is 0 Å². The van der Waals surface area contributed by atoms with E-state index in [1.807, 2.05) is 37.2 Å². The maximum absolute atomic E-state index is 6.34. The molecule has 0 aliphatic carbocycles. The topological polar surface area (TPSA) is 71.3 Å². The molecule has 0 aliphatic heterocycles. The fourth-order valence-electron chi connectivity index (χ4n) is 12.2. The molecule has 16 aromatic rings. The van der Waals surface area contributed by atoms with Crippen molar-refractivity contribution in [1.29, 1.82) is 0 Å². The lowest BCUT2D eigenvalue weighted by atomic mass is 10.00. The molecule has 8 heterocycles. The van der Waals surface area contributed by atoms with Crippen LogP contribution in [0.3, 0.4) is 0 Å². The largest absolute Gasteiger partial charge is 0.305 e. The number of hydrogen-bond acceptors (Lipinski definition) is 4. The van der Waals surface area contributed by atoms with Crippen LogP contribution in [0.25, 0.3) is 144 Å². The van der Waals surface area contributed by atoms with Gasteiger partial charge in [-0.15, -0.1) is 0 Å². The summed E-state index contributed by atoms with van der Waals surface area (Å²) in [5, 5.41) is 8.67. The highest BCUT2D eigenvalue weighted by Gasteiger charge is 2.32. The summed E-state index contributed by atoms with van der Waals surface area (Å²) in [6.07, 6.45) is 11.7. The fraction of sp³-hybridized carbons (Fsp3) is 0. The number of fused-ring (bicyclic) bond motifs is 12. The van der Waals surface area contributed by atoms with Gasteiger partial charge in [-0.1, -0.05) is 158 Å². The van der Waals surface area contributed by atoms with Gasteiger partial charge < -0.3 is 9.13 Å². The van der Waals surface area contributed by atoms with Crippen LogP contribution in [0.4, 0.5) is 0 Å². The molecular formula is C68H42N8. The molecule has 8 aromatic carbocycles. The average Bonchev–Trinajstić information content (AvgIpc) is 4.28. The zero-order valence-electron chi connectivity index (χ0n) is 40.8. The summed E-state index contributed by atoms with van der Waals surface area (Å²) in [5.41, 5.74) is 16.7. The summed E-state index contributed by atoms with van der Waals surface area (Å²) in [6.45, 7) is 0. The van der Waals surface area contributed by atoms with E-state index < -0.39 is 0 Å². The lowest BCUT2D eigenvalue weighted by molar-refractivity contribution is 0.960. The van der Waals surface area contributed by atoms with Gasteiger partial charge in [0.1, 0.15) is 11.4 Å². The maximum atomic E-state index is 6.34. The van der Waals surface area contributed by atoms with E-state index in [2.05, 4.69) is 237 Å². The Morgan fingerprint density at radius 1 is 0.237 bits per heavy atom. The highest BCUT2D eigenvalue weighted by molar-refractivity contribution is 6.16. The first-order valence-electron chi connectivity index (χ1n) is 25.6. The Kier molecular flexibility index (Phi) is 9.17. The number of para-hydroxylation sites is 3. The summed E-state index contributed by atoms with van der Waals surface area (Å²) in [5.74, 6) is 1.52. The van der Waals surface area contributed by atoms with Gasteiger partial charge in [-0.2, -0.15) is 0 Å². The van der Waals surface area contributed by atoms with E-state index in [9.17, 15) is 0 Å². The Morgan fingerprint density at radius 3 is 0.987 bits per heavy atom. The number of nitrogens with zero attached hydrogens (tertiary/aromatic N) is 8. The molecule has 0 unspecified atom stereocenters. The Labute approximate surface area is 435 Å². The molecule has 76 heavy (non-hydrogen) atoms. The van der Waals surface area contributed by atoms with Crippen LogP contribution in [-0.4, -0.2) is 38.2 Å². The van der Waals surface area contributed by atoms with E-state index >= 15 is 0 Å². The molecule has 8 nitrogen and oxygen atoms in total. The number of aromatic nitrogens is 8.